The fourth-order valence-corrected chi connectivity index (χ4v) is 3.48. The first-order valence-electron chi connectivity index (χ1n) is 8.21. The highest BCUT2D eigenvalue weighted by Gasteiger charge is 2.32. The van der Waals surface area contributed by atoms with Crippen LogP contribution < -0.4 is 5.32 Å². The molecule has 1 nitrogen and oxygen atoms in total. The van der Waals surface area contributed by atoms with E-state index in [1.165, 1.54) is 44.1 Å². The van der Waals surface area contributed by atoms with Crippen molar-refractivity contribution in [3.8, 4) is 0 Å². The van der Waals surface area contributed by atoms with Crippen LogP contribution in [0.1, 0.15) is 57.1 Å². The highest BCUT2D eigenvalue weighted by Crippen LogP contribution is 2.41. The maximum absolute atomic E-state index is 13.1. The number of rotatable bonds is 5. The largest absolute Gasteiger partial charge is 0.309 e. The Balaban J connectivity index is 1.56. The van der Waals surface area contributed by atoms with Crippen molar-refractivity contribution in [3.05, 3.63) is 35.6 Å². The lowest BCUT2D eigenvalue weighted by atomic mass is 9.83. The van der Waals surface area contributed by atoms with Crippen LogP contribution in [0.2, 0.25) is 0 Å². The molecule has 0 spiro atoms. The summed E-state index contributed by atoms with van der Waals surface area (Å²) in [5, 5.41) is 3.78. The Morgan fingerprint density at radius 1 is 1.05 bits per heavy atom. The Morgan fingerprint density at radius 2 is 1.70 bits per heavy atom. The molecule has 0 radical (unpaired) electrons. The second kappa shape index (κ2) is 6.26. The normalized spacial score (nSPS) is 28.3. The van der Waals surface area contributed by atoms with Crippen LogP contribution in [0.3, 0.4) is 0 Å². The Bertz CT molecular complexity index is 416. The van der Waals surface area contributed by atoms with Crippen LogP contribution in [-0.4, -0.2) is 6.54 Å². The van der Waals surface area contributed by atoms with Gasteiger partial charge in [0.05, 0.1) is 0 Å². The van der Waals surface area contributed by atoms with Crippen LogP contribution in [0.25, 0.3) is 0 Å². The topological polar surface area (TPSA) is 12.0 Å². The molecule has 3 rings (SSSR count). The van der Waals surface area contributed by atoms with E-state index in [0.29, 0.717) is 6.04 Å². The quantitative estimate of drug-likeness (QED) is 0.822. The molecule has 2 aliphatic rings. The third kappa shape index (κ3) is 3.60. The summed E-state index contributed by atoms with van der Waals surface area (Å²) in [6.07, 6.45) is 8.14. The van der Waals surface area contributed by atoms with E-state index in [4.69, 9.17) is 0 Å². The zero-order valence-electron chi connectivity index (χ0n) is 12.4. The molecule has 1 aromatic rings. The minimum absolute atomic E-state index is 0.135. The van der Waals surface area contributed by atoms with Gasteiger partial charge < -0.3 is 5.32 Å². The molecule has 1 atom stereocenters. The summed E-state index contributed by atoms with van der Waals surface area (Å²) < 4.78 is 13.1. The average Bonchev–Trinajstić information content (AvgIpc) is 3.28. The lowest BCUT2D eigenvalue weighted by molar-refractivity contribution is 0.270. The fourth-order valence-electron chi connectivity index (χ4n) is 3.48. The lowest BCUT2D eigenvalue weighted by Gasteiger charge is -2.28. The molecule has 20 heavy (non-hydrogen) atoms. The van der Waals surface area contributed by atoms with E-state index in [0.717, 1.165) is 24.3 Å². The van der Waals surface area contributed by atoms with E-state index in [9.17, 15) is 4.39 Å². The zero-order valence-corrected chi connectivity index (χ0v) is 12.4. The number of hydrogen-bond acceptors (Lipinski definition) is 1. The number of benzene rings is 1. The Labute approximate surface area is 122 Å². The summed E-state index contributed by atoms with van der Waals surface area (Å²) in [5.41, 5.74) is 1.26. The third-order valence-electron chi connectivity index (χ3n) is 5.08. The van der Waals surface area contributed by atoms with Crippen LogP contribution >= 0.6 is 0 Å². The lowest BCUT2D eigenvalue weighted by Crippen LogP contribution is -2.30. The molecule has 0 amide bonds. The highest BCUT2D eigenvalue weighted by molar-refractivity contribution is 5.22. The molecular formula is C18H26FN. The standard InChI is InChI=1S/C18H26FN/c1-13-2-4-14(5-3-13)12-20-18(15-6-7-15)16-8-10-17(19)11-9-16/h8-11,13-15,18,20H,2-7,12H2,1H3. The minimum atomic E-state index is -0.135. The molecule has 0 heterocycles. The molecular weight excluding hydrogens is 249 g/mol. The Kier molecular flexibility index (Phi) is 4.40. The Hall–Kier alpha value is -0.890. The van der Waals surface area contributed by atoms with Gasteiger partial charge in [0.15, 0.2) is 0 Å². The highest BCUT2D eigenvalue weighted by atomic mass is 19.1. The second-order valence-corrected chi connectivity index (χ2v) is 6.90. The maximum Gasteiger partial charge on any atom is 0.123 e. The smallest absolute Gasteiger partial charge is 0.123 e. The van der Waals surface area contributed by atoms with E-state index in [-0.39, 0.29) is 5.82 Å². The summed E-state index contributed by atoms with van der Waals surface area (Å²) in [6, 6.07) is 7.53. The van der Waals surface area contributed by atoms with Gasteiger partial charge in [0.25, 0.3) is 0 Å². The predicted molar refractivity (Wildman–Crippen MR) is 81.0 cm³/mol. The van der Waals surface area contributed by atoms with E-state index in [1.54, 1.807) is 12.1 Å². The zero-order chi connectivity index (χ0) is 13.9. The Morgan fingerprint density at radius 3 is 2.30 bits per heavy atom. The fraction of sp³-hybridized carbons (Fsp3) is 0.667. The van der Waals surface area contributed by atoms with E-state index < -0.39 is 0 Å². The van der Waals surface area contributed by atoms with Crippen molar-refractivity contribution in [3.63, 3.8) is 0 Å². The van der Waals surface area contributed by atoms with Crippen LogP contribution in [0.5, 0.6) is 0 Å². The molecule has 2 saturated carbocycles. The number of halogens is 1. The minimum Gasteiger partial charge on any atom is -0.309 e. The molecule has 1 N–H and O–H groups in total. The molecule has 1 unspecified atom stereocenters. The van der Waals surface area contributed by atoms with Crippen molar-refractivity contribution in [2.45, 2.75) is 51.5 Å². The van der Waals surface area contributed by atoms with Gasteiger partial charge in [0, 0.05) is 6.04 Å². The molecule has 0 aliphatic heterocycles. The van der Waals surface area contributed by atoms with E-state index in [1.807, 2.05) is 12.1 Å². The number of hydrogen-bond donors (Lipinski definition) is 1. The molecule has 1 aromatic carbocycles. The molecule has 110 valence electrons. The summed E-state index contributed by atoms with van der Waals surface area (Å²) in [6.45, 7) is 3.50. The summed E-state index contributed by atoms with van der Waals surface area (Å²) in [4.78, 5) is 0. The first-order valence-corrected chi connectivity index (χ1v) is 8.21. The van der Waals surface area contributed by atoms with Gasteiger partial charge in [-0.25, -0.2) is 4.39 Å². The first kappa shape index (κ1) is 14.1. The van der Waals surface area contributed by atoms with E-state index >= 15 is 0 Å². The molecule has 0 bridgehead atoms. The van der Waals surface area contributed by atoms with Crippen LogP contribution in [-0.2, 0) is 0 Å². The van der Waals surface area contributed by atoms with Crippen LogP contribution in [0.15, 0.2) is 24.3 Å². The van der Waals surface area contributed by atoms with E-state index in [2.05, 4.69) is 12.2 Å². The van der Waals surface area contributed by atoms with Gasteiger partial charge in [-0.2, -0.15) is 0 Å². The summed E-state index contributed by atoms with van der Waals surface area (Å²) in [7, 11) is 0. The SMILES string of the molecule is CC1CCC(CNC(c2ccc(F)cc2)C2CC2)CC1. The van der Waals surface area contributed by atoms with Gasteiger partial charge in [-0.15, -0.1) is 0 Å². The second-order valence-electron chi connectivity index (χ2n) is 6.90. The number of nitrogens with one attached hydrogen (secondary N) is 1. The van der Waals surface area contributed by atoms with Crippen LogP contribution in [0.4, 0.5) is 4.39 Å². The first-order chi connectivity index (χ1) is 9.72. The molecule has 0 aromatic heterocycles. The van der Waals surface area contributed by atoms with Crippen molar-refractivity contribution >= 4 is 0 Å². The van der Waals surface area contributed by atoms with Crippen LogP contribution in [0, 0.1) is 23.6 Å². The molecule has 2 aliphatic carbocycles. The summed E-state index contributed by atoms with van der Waals surface area (Å²) >= 11 is 0. The van der Waals surface area contributed by atoms with Crippen molar-refractivity contribution in [1.82, 2.24) is 5.32 Å². The molecule has 2 heteroatoms. The van der Waals surface area contributed by atoms with Gasteiger partial charge in [0.2, 0.25) is 0 Å². The van der Waals surface area contributed by atoms with Gasteiger partial charge in [0.1, 0.15) is 5.82 Å². The van der Waals surface area contributed by atoms with Gasteiger partial charge in [-0.3, -0.25) is 0 Å². The molecule has 2 fully saturated rings. The van der Waals surface area contributed by atoms with Crippen molar-refractivity contribution in [2.75, 3.05) is 6.54 Å². The third-order valence-corrected chi connectivity index (χ3v) is 5.08. The van der Waals surface area contributed by atoms with Gasteiger partial charge >= 0.3 is 0 Å². The van der Waals surface area contributed by atoms with Gasteiger partial charge in [-0.05, 0) is 67.7 Å². The summed E-state index contributed by atoms with van der Waals surface area (Å²) in [5.74, 6) is 2.39. The van der Waals surface area contributed by atoms with Crippen molar-refractivity contribution in [2.24, 2.45) is 17.8 Å². The maximum atomic E-state index is 13.1. The monoisotopic (exact) mass is 275 g/mol. The van der Waals surface area contributed by atoms with Gasteiger partial charge in [-0.1, -0.05) is 31.9 Å². The predicted octanol–water partition coefficient (Wildman–Crippen LogP) is 4.69. The average molecular weight is 275 g/mol. The molecule has 0 saturated heterocycles. The van der Waals surface area contributed by atoms with Crippen molar-refractivity contribution < 1.29 is 4.39 Å². The van der Waals surface area contributed by atoms with Crippen molar-refractivity contribution in [1.29, 1.82) is 0 Å².